The van der Waals surface area contributed by atoms with Crippen molar-refractivity contribution in [3.63, 3.8) is 0 Å². The summed E-state index contributed by atoms with van der Waals surface area (Å²) in [4.78, 5) is 0. The molecule has 2 heterocycles. The third-order valence-corrected chi connectivity index (χ3v) is 4.27. The van der Waals surface area contributed by atoms with Crippen LogP contribution in [0.3, 0.4) is 0 Å². The van der Waals surface area contributed by atoms with Crippen molar-refractivity contribution < 1.29 is 4.74 Å². The topological polar surface area (TPSA) is 53.1 Å². The van der Waals surface area contributed by atoms with Gasteiger partial charge in [-0.15, -0.1) is 0 Å². The fraction of sp³-hybridized carbons (Fsp3) is 0.308. The third-order valence-electron chi connectivity index (χ3n) is 3.29. The van der Waals surface area contributed by atoms with Crippen LogP contribution in [0.4, 0.5) is 5.82 Å². The van der Waals surface area contributed by atoms with E-state index >= 15 is 0 Å². The lowest BCUT2D eigenvalue weighted by molar-refractivity contribution is 0.0809. The Hall–Kier alpha value is -1.33. The molecule has 5 heteroatoms. The Bertz CT molecular complexity index is 594. The predicted molar refractivity (Wildman–Crippen MR) is 73.3 cm³/mol. The summed E-state index contributed by atoms with van der Waals surface area (Å²) in [7, 11) is 0. The van der Waals surface area contributed by atoms with E-state index in [0.717, 1.165) is 10.2 Å². The van der Waals surface area contributed by atoms with E-state index in [-0.39, 0.29) is 6.04 Å². The van der Waals surface area contributed by atoms with Crippen LogP contribution in [0.15, 0.2) is 28.7 Å². The molecule has 1 aromatic carbocycles. The summed E-state index contributed by atoms with van der Waals surface area (Å²) in [6, 6.07) is 8.33. The van der Waals surface area contributed by atoms with Crippen molar-refractivity contribution in [2.24, 2.45) is 0 Å². The van der Waals surface area contributed by atoms with Gasteiger partial charge in [-0.1, -0.05) is 24.3 Å². The Morgan fingerprint density at radius 1 is 1.44 bits per heavy atom. The highest BCUT2D eigenvalue weighted by Gasteiger charge is 2.25. The summed E-state index contributed by atoms with van der Waals surface area (Å²) in [5, 5.41) is 4.50. The lowest BCUT2D eigenvalue weighted by atomic mass is 9.99. The molecule has 0 spiro atoms. The van der Waals surface area contributed by atoms with Crippen molar-refractivity contribution in [1.82, 2.24) is 9.78 Å². The fourth-order valence-corrected chi connectivity index (χ4v) is 2.61. The van der Waals surface area contributed by atoms with Gasteiger partial charge in [-0.05, 0) is 34.0 Å². The van der Waals surface area contributed by atoms with E-state index in [0.29, 0.717) is 19.0 Å². The number of halogens is 1. The van der Waals surface area contributed by atoms with E-state index in [1.54, 1.807) is 0 Å². The minimum atomic E-state index is 0.0555. The smallest absolute Gasteiger partial charge is 0.137 e. The number of nitrogen functional groups attached to an aromatic ring is 1. The first-order valence-electron chi connectivity index (χ1n) is 5.84. The molecular weight excluding hydrogens is 294 g/mol. The molecule has 1 aliphatic rings. The Morgan fingerprint density at radius 3 is 2.94 bits per heavy atom. The van der Waals surface area contributed by atoms with Crippen LogP contribution in [0.25, 0.3) is 0 Å². The summed E-state index contributed by atoms with van der Waals surface area (Å²) in [6.07, 6.45) is 0. The van der Waals surface area contributed by atoms with Gasteiger partial charge < -0.3 is 10.5 Å². The van der Waals surface area contributed by atoms with E-state index in [2.05, 4.69) is 33.2 Å². The molecular formula is C13H14BrN3O. The van der Waals surface area contributed by atoms with E-state index in [1.807, 2.05) is 23.7 Å². The lowest BCUT2D eigenvalue weighted by Crippen LogP contribution is -2.25. The average Bonchev–Trinajstić information content (AvgIpc) is 2.66. The van der Waals surface area contributed by atoms with Gasteiger partial charge in [0.1, 0.15) is 11.9 Å². The summed E-state index contributed by atoms with van der Waals surface area (Å²) in [5.41, 5.74) is 9.44. The quantitative estimate of drug-likeness (QED) is 0.881. The van der Waals surface area contributed by atoms with Crippen molar-refractivity contribution in [1.29, 1.82) is 0 Å². The number of hydrogen-bond donors (Lipinski definition) is 1. The molecule has 2 aromatic rings. The zero-order valence-corrected chi connectivity index (χ0v) is 11.6. The van der Waals surface area contributed by atoms with Crippen molar-refractivity contribution in [2.75, 3.05) is 12.3 Å². The Kier molecular flexibility index (Phi) is 2.87. The number of ether oxygens (including phenoxy) is 1. The molecule has 0 radical (unpaired) electrons. The number of aryl methyl sites for hydroxylation is 1. The summed E-state index contributed by atoms with van der Waals surface area (Å²) < 4.78 is 8.35. The van der Waals surface area contributed by atoms with Crippen LogP contribution >= 0.6 is 15.9 Å². The third kappa shape index (κ3) is 1.74. The first-order valence-corrected chi connectivity index (χ1v) is 6.63. The molecule has 0 saturated heterocycles. The van der Waals surface area contributed by atoms with Crippen LogP contribution in [0.1, 0.15) is 22.9 Å². The normalized spacial score (nSPS) is 18.7. The first-order chi connectivity index (χ1) is 8.68. The molecule has 1 atom stereocenters. The maximum atomic E-state index is 6.09. The molecule has 1 unspecified atom stereocenters. The zero-order chi connectivity index (χ0) is 12.7. The molecule has 0 bridgehead atoms. The van der Waals surface area contributed by atoms with Gasteiger partial charge in [-0.3, -0.25) is 0 Å². The van der Waals surface area contributed by atoms with Gasteiger partial charge >= 0.3 is 0 Å². The highest BCUT2D eigenvalue weighted by molar-refractivity contribution is 9.10. The van der Waals surface area contributed by atoms with Gasteiger partial charge in [0, 0.05) is 0 Å². The van der Waals surface area contributed by atoms with Crippen LogP contribution in [-0.4, -0.2) is 16.4 Å². The molecule has 1 aromatic heterocycles. The number of nitrogens with two attached hydrogens (primary N) is 1. The first kappa shape index (κ1) is 11.7. The minimum absolute atomic E-state index is 0.0555. The molecule has 0 aliphatic carbocycles. The lowest BCUT2D eigenvalue weighted by Gasteiger charge is -2.26. The van der Waals surface area contributed by atoms with Crippen LogP contribution in [0.5, 0.6) is 0 Å². The highest BCUT2D eigenvalue weighted by Crippen LogP contribution is 2.32. The molecule has 3 rings (SSSR count). The number of benzene rings is 1. The second-order valence-electron chi connectivity index (χ2n) is 4.46. The maximum absolute atomic E-state index is 6.09. The Morgan fingerprint density at radius 2 is 2.22 bits per heavy atom. The van der Waals surface area contributed by atoms with E-state index in [4.69, 9.17) is 10.5 Å². The molecule has 2 N–H and O–H groups in total. The van der Waals surface area contributed by atoms with Crippen molar-refractivity contribution in [3.8, 4) is 0 Å². The van der Waals surface area contributed by atoms with Crippen LogP contribution in [0.2, 0.25) is 0 Å². The number of nitrogens with zero attached hydrogens (tertiary/aromatic N) is 2. The predicted octanol–water partition coefficient (Wildman–Crippen LogP) is 2.66. The van der Waals surface area contributed by atoms with Gasteiger partial charge in [0.2, 0.25) is 0 Å². The number of rotatable bonds is 1. The molecule has 94 valence electrons. The minimum Gasteiger partial charge on any atom is -0.383 e. The second kappa shape index (κ2) is 4.40. The summed E-state index contributed by atoms with van der Waals surface area (Å²) in [5.74, 6) is 0.651. The highest BCUT2D eigenvalue weighted by atomic mass is 79.9. The SMILES string of the molecule is Cc1nn(C2COCc3ccccc32)c(N)c1Br. The van der Waals surface area contributed by atoms with Gasteiger partial charge in [-0.2, -0.15) is 5.10 Å². The van der Waals surface area contributed by atoms with Gasteiger partial charge in [-0.25, -0.2) is 4.68 Å². The second-order valence-corrected chi connectivity index (χ2v) is 5.25. The molecule has 0 fully saturated rings. The van der Waals surface area contributed by atoms with E-state index in [9.17, 15) is 0 Å². The molecule has 1 aliphatic heterocycles. The Balaban J connectivity index is 2.11. The molecule has 4 nitrogen and oxygen atoms in total. The number of fused-ring (bicyclic) bond motifs is 1. The number of hydrogen-bond acceptors (Lipinski definition) is 3. The molecule has 0 saturated carbocycles. The van der Waals surface area contributed by atoms with Crippen LogP contribution in [-0.2, 0) is 11.3 Å². The van der Waals surface area contributed by atoms with Crippen LogP contribution < -0.4 is 5.73 Å². The van der Waals surface area contributed by atoms with E-state index < -0.39 is 0 Å². The van der Waals surface area contributed by atoms with Crippen LogP contribution in [0, 0.1) is 6.92 Å². The standard InChI is InChI=1S/C13H14BrN3O/c1-8-12(14)13(15)17(16-8)11-7-18-6-9-4-2-3-5-10(9)11/h2-5,11H,6-7,15H2,1H3. The van der Waals surface area contributed by atoms with Crippen molar-refractivity contribution in [2.45, 2.75) is 19.6 Å². The molecule has 18 heavy (non-hydrogen) atoms. The zero-order valence-electron chi connectivity index (χ0n) is 10.1. The summed E-state index contributed by atoms with van der Waals surface area (Å²) >= 11 is 3.46. The fourth-order valence-electron chi connectivity index (χ4n) is 2.35. The van der Waals surface area contributed by atoms with Gasteiger partial charge in [0.15, 0.2) is 0 Å². The van der Waals surface area contributed by atoms with Gasteiger partial charge in [0.25, 0.3) is 0 Å². The number of aromatic nitrogens is 2. The molecule has 0 amide bonds. The van der Waals surface area contributed by atoms with Crippen molar-refractivity contribution in [3.05, 3.63) is 45.6 Å². The summed E-state index contributed by atoms with van der Waals surface area (Å²) in [6.45, 7) is 3.20. The maximum Gasteiger partial charge on any atom is 0.137 e. The largest absolute Gasteiger partial charge is 0.383 e. The monoisotopic (exact) mass is 307 g/mol. The van der Waals surface area contributed by atoms with Crippen molar-refractivity contribution >= 4 is 21.7 Å². The Labute approximate surface area is 114 Å². The number of anilines is 1. The van der Waals surface area contributed by atoms with Gasteiger partial charge in [0.05, 0.1) is 23.4 Å². The average molecular weight is 308 g/mol. The van der Waals surface area contributed by atoms with E-state index in [1.165, 1.54) is 11.1 Å².